The lowest BCUT2D eigenvalue weighted by Crippen LogP contribution is -3.08. The molecule has 0 spiro atoms. The van der Waals surface area contributed by atoms with E-state index in [0.717, 1.165) is 24.3 Å². The molecule has 3 rings (SSSR count). The molecule has 1 atom stereocenters. The zero-order valence-electron chi connectivity index (χ0n) is 17.8. The number of para-hydroxylation sites is 1. The summed E-state index contributed by atoms with van der Waals surface area (Å²) in [6, 6.07) is 16.1. The second kappa shape index (κ2) is 8.78. The van der Waals surface area contributed by atoms with Crippen molar-refractivity contribution in [3.8, 4) is 0 Å². The number of anilines is 1. The lowest BCUT2D eigenvalue weighted by atomic mass is 9.87. The quantitative estimate of drug-likeness (QED) is 0.676. The number of benzene rings is 2. The van der Waals surface area contributed by atoms with Crippen LogP contribution in [0.3, 0.4) is 0 Å². The molecule has 29 heavy (non-hydrogen) atoms. The summed E-state index contributed by atoms with van der Waals surface area (Å²) in [5.74, 6) is -0.219. The number of hydrogen-bond acceptors (Lipinski definition) is 2. The summed E-state index contributed by atoms with van der Waals surface area (Å²) in [6.07, 6.45) is 2.07. The zero-order valence-corrected chi connectivity index (χ0v) is 17.8. The Balaban J connectivity index is 1.56. The summed E-state index contributed by atoms with van der Waals surface area (Å²) >= 11 is 0. The molecule has 5 nitrogen and oxygen atoms in total. The third-order valence-electron chi connectivity index (χ3n) is 5.15. The molecule has 0 bridgehead atoms. The predicted octanol–water partition coefficient (Wildman–Crippen LogP) is 2.53. The second-order valence-corrected chi connectivity index (χ2v) is 9.10. The highest BCUT2D eigenvalue weighted by atomic mass is 16.2. The standard InChI is InChI=1S/C24H31N3O2/c1-24(2,3)18-11-9-17(10-12-18)15-27(4)16-22(28)26-21-8-6-5-7-20(21)23(29)25-19-13-14-19/h5-12,19H,13-16H2,1-4H3,(H,25,29)(H,26,28)/p+1. The number of likely N-dealkylation sites (N-methyl/N-ethyl adjacent to an activating group) is 1. The molecule has 0 aromatic heterocycles. The first-order chi connectivity index (χ1) is 13.7. The first-order valence-corrected chi connectivity index (χ1v) is 10.3. The highest BCUT2D eigenvalue weighted by molar-refractivity contribution is 6.04. The van der Waals surface area contributed by atoms with Crippen molar-refractivity contribution < 1.29 is 14.5 Å². The third-order valence-corrected chi connectivity index (χ3v) is 5.15. The maximum Gasteiger partial charge on any atom is 0.279 e. The Bertz CT molecular complexity index is 864. The smallest absolute Gasteiger partial charge is 0.279 e. The van der Waals surface area contributed by atoms with E-state index in [2.05, 4.69) is 55.7 Å². The van der Waals surface area contributed by atoms with E-state index in [0.29, 0.717) is 17.8 Å². The molecular formula is C24H32N3O2+. The molecule has 0 aliphatic heterocycles. The lowest BCUT2D eigenvalue weighted by molar-refractivity contribution is -0.885. The average molecular weight is 395 g/mol. The van der Waals surface area contributed by atoms with E-state index in [1.165, 1.54) is 11.1 Å². The van der Waals surface area contributed by atoms with Crippen LogP contribution in [0.4, 0.5) is 5.69 Å². The Morgan fingerprint density at radius 3 is 2.31 bits per heavy atom. The maximum atomic E-state index is 12.5. The van der Waals surface area contributed by atoms with Gasteiger partial charge in [0.15, 0.2) is 6.54 Å². The summed E-state index contributed by atoms with van der Waals surface area (Å²) < 4.78 is 0. The average Bonchev–Trinajstić information content (AvgIpc) is 3.45. The van der Waals surface area contributed by atoms with Gasteiger partial charge < -0.3 is 15.5 Å². The summed E-state index contributed by atoms with van der Waals surface area (Å²) in [5, 5.41) is 5.89. The van der Waals surface area contributed by atoms with Crippen molar-refractivity contribution in [1.29, 1.82) is 0 Å². The van der Waals surface area contributed by atoms with E-state index in [4.69, 9.17) is 0 Å². The number of amides is 2. The third kappa shape index (κ3) is 6.16. The minimum Gasteiger partial charge on any atom is -0.349 e. The van der Waals surface area contributed by atoms with Crippen LogP contribution in [-0.2, 0) is 16.8 Å². The van der Waals surface area contributed by atoms with Crippen LogP contribution >= 0.6 is 0 Å². The van der Waals surface area contributed by atoms with Gasteiger partial charge in [0.2, 0.25) is 0 Å². The molecule has 1 aliphatic carbocycles. The topological polar surface area (TPSA) is 62.6 Å². The molecule has 154 valence electrons. The predicted molar refractivity (Wildman–Crippen MR) is 116 cm³/mol. The molecule has 3 N–H and O–H groups in total. The first-order valence-electron chi connectivity index (χ1n) is 10.3. The van der Waals surface area contributed by atoms with Gasteiger partial charge in [0.1, 0.15) is 6.54 Å². The van der Waals surface area contributed by atoms with Crippen molar-refractivity contribution in [1.82, 2.24) is 5.32 Å². The maximum absolute atomic E-state index is 12.5. The van der Waals surface area contributed by atoms with Crippen molar-refractivity contribution in [2.45, 2.75) is 51.6 Å². The summed E-state index contributed by atoms with van der Waals surface area (Å²) in [5.41, 5.74) is 3.72. The van der Waals surface area contributed by atoms with E-state index in [1.807, 2.05) is 19.2 Å². The van der Waals surface area contributed by atoms with E-state index in [9.17, 15) is 9.59 Å². The highest BCUT2D eigenvalue weighted by Gasteiger charge is 2.25. The van der Waals surface area contributed by atoms with Crippen LogP contribution < -0.4 is 15.5 Å². The number of carbonyl (C=O) groups excluding carboxylic acids is 2. The molecule has 0 heterocycles. The number of hydrogen-bond donors (Lipinski definition) is 3. The monoisotopic (exact) mass is 394 g/mol. The second-order valence-electron chi connectivity index (χ2n) is 9.10. The Hall–Kier alpha value is -2.66. The number of quaternary nitrogens is 1. The normalized spacial score (nSPS) is 14.9. The summed E-state index contributed by atoms with van der Waals surface area (Å²) in [4.78, 5) is 26.0. The van der Waals surface area contributed by atoms with Crippen molar-refractivity contribution >= 4 is 17.5 Å². The van der Waals surface area contributed by atoms with E-state index in [1.54, 1.807) is 12.1 Å². The molecule has 2 amide bonds. The van der Waals surface area contributed by atoms with Gasteiger partial charge in [-0.1, -0.05) is 57.2 Å². The number of nitrogens with one attached hydrogen (secondary N) is 3. The molecule has 1 unspecified atom stereocenters. The SMILES string of the molecule is C[NH+](CC(=O)Nc1ccccc1C(=O)NC1CC1)Cc1ccc(C(C)(C)C)cc1. The summed E-state index contributed by atoms with van der Waals surface area (Å²) in [6.45, 7) is 7.70. The van der Waals surface area contributed by atoms with Crippen molar-refractivity contribution in [3.05, 3.63) is 65.2 Å². The minimum absolute atomic E-state index is 0.0968. The van der Waals surface area contributed by atoms with Crippen molar-refractivity contribution in [3.63, 3.8) is 0 Å². The van der Waals surface area contributed by atoms with Gasteiger partial charge in [-0.25, -0.2) is 0 Å². The van der Waals surface area contributed by atoms with Crippen molar-refractivity contribution in [2.75, 3.05) is 18.9 Å². The van der Waals surface area contributed by atoms with Crippen LogP contribution in [0.2, 0.25) is 0 Å². The molecule has 1 fully saturated rings. The fourth-order valence-electron chi connectivity index (χ4n) is 3.28. The van der Waals surface area contributed by atoms with Gasteiger partial charge in [0, 0.05) is 11.6 Å². The van der Waals surface area contributed by atoms with Crippen LogP contribution in [0.25, 0.3) is 0 Å². The Kier molecular flexibility index (Phi) is 6.38. The number of rotatable bonds is 7. The van der Waals surface area contributed by atoms with Crippen LogP contribution in [0, 0.1) is 0 Å². The van der Waals surface area contributed by atoms with E-state index < -0.39 is 0 Å². The highest BCUT2D eigenvalue weighted by Crippen LogP contribution is 2.22. The van der Waals surface area contributed by atoms with Gasteiger partial charge in [-0.15, -0.1) is 0 Å². The molecule has 2 aromatic carbocycles. The summed E-state index contributed by atoms with van der Waals surface area (Å²) in [7, 11) is 2.00. The van der Waals surface area contributed by atoms with Crippen LogP contribution in [0.15, 0.2) is 48.5 Å². The zero-order chi connectivity index (χ0) is 21.0. The van der Waals surface area contributed by atoms with Gasteiger partial charge in [0.25, 0.3) is 11.8 Å². The van der Waals surface area contributed by atoms with Crippen molar-refractivity contribution in [2.24, 2.45) is 0 Å². The largest absolute Gasteiger partial charge is 0.349 e. The molecule has 5 heteroatoms. The van der Waals surface area contributed by atoms with E-state index in [-0.39, 0.29) is 23.3 Å². The fraction of sp³-hybridized carbons (Fsp3) is 0.417. The molecule has 0 radical (unpaired) electrons. The fourth-order valence-corrected chi connectivity index (χ4v) is 3.28. The van der Waals surface area contributed by atoms with Crippen LogP contribution in [0.1, 0.15) is 55.1 Å². The van der Waals surface area contributed by atoms with Gasteiger partial charge >= 0.3 is 0 Å². The van der Waals surface area contributed by atoms with E-state index >= 15 is 0 Å². The molecule has 2 aromatic rings. The number of carbonyl (C=O) groups is 2. The van der Waals surface area contributed by atoms with Crippen LogP contribution in [0.5, 0.6) is 0 Å². The molecule has 1 aliphatic rings. The van der Waals surface area contributed by atoms with Gasteiger partial charge in [-0.2, -0.15) is 0 Å². The Morgan fingerprint density at radius 1 is 1.03 bits per heavy atom. The van der Waals surface area contributed by atoms with Crippen LogP contribution in [-0.4, -0.2) is 31.4 Å². The van der Waals surface area contributed by atoms with Gasteiger partial charge in [-0.05, 0) is 36.0 Å². The minimum atomic E-state index is -0.122. The Morgan fingerprint density at radius 2 is 1.69 bits per heavy atom. The molecule has 1 saturated carbocycles. The Labute approximate surface area is 173 Å². The molecule has 0 saturated heterocycles. The van der Waals surface area contributed by atoms with Gasteiger partial charge in [0.05, 0.1) is 18.3 Å². The van der Waals surface area contributed by atoms with Gasteiger partial charge in [-0.3, -0.25) is 9.59 Å². The molecular weight excluding hydrogens is 362 g/mol. The lowest BCUT2D eigenvalue weighted by Gasteiger charge is -2.20. The first kappa shape index (κ1) is 21.1.